The SMILES string of the molecule is CCCCc1nc2ccc(Br)cc2c(=O)n1N=Cc1cc(OCC)c(OCC(=O)OC(C)C)c(Br)c1Br. The molecule has 0 radical (unpaired) electrons. The van der Waals surface area contributed by atoms with E-state index in [1.54, 1.807) is 32.2 Å². The number of hydrogen-bond donors (Lipinski definition) is 0. The lowest BCUT2D eigenvalue weighted by molar-refractivity contribution is -0.149. The van der Waals surface area contributed by atoms with Gasteiger partial charge in [-0.05, 0) is 83.3 Å². The van der Waals surface area contributed by atoms with E-state index in [0.717, 1.165) is 17.3 Å². The van der Waals surface area contributed by atoms with Crippen molar-refractivity contribution in [1.29, 1.82) is 0 Å². The number of aromatic nitrogens is 2. The molecule has 37 heavy (non-hydrogen) atoms. The van der Waals surface area contributed by atoms with Crippen LogP contribution in [0.15, 0.2) is 47.6 Å². The van der Waals surface area contributed by atoms with Gasteiger partial charge in [-0.15, -0.1) is 0 Å². The predicted octanol–water partition coefficient (Wildman–Crippen LogP) is 6.64. The normalized spacial score (nSPS) is 11.5. The molecule has 0 bridgehead atoms. The van der Waals surface area contributed by atoms with Crippen molar-refractivity contribution in [2.75, 3.05) is 13.2 Å². The first-order valence-corrected chi connectivity index (χ1v) is 14.3. The van der Waals surface area contributed by atoms with Crippen LogP contribution < -0.4 is 15.0 Å². The van der Waals surface area contributed by atoms with Crippen molar-refractivity contribution in [1.82, 2.24) is 9.66 Å². The van der Waals surface area contributed by atoms with Crippen molar-refractivity contribution in [3.63, 3.8) is 0 Å². The van der Waals surface area contributed by atoms with E-state index in [1.165, 1.54) is 4.68 Å². The molecule has 0 N–H and O–H groups in total. The number of fused-ring (bicyclic) bond motifs is 1. The van der Waals surface area contributed by atoms with Crippen molar-refractivity contribution in [3.8, 4) is 11.5 Å². The summed E-state index contributed by atoms with van der Waals surface area (Å²) in [6.07, 6.45) is 3.77. The molecule has 0 aliphatic rings. The molecule has 0 saturated heterocycles. The number of aryl methyl sites for hydroxylation is 1. The molecule has 8 nitrogen and oxygen atoms in total. The molecular weight excluding hydrogens is 674 g/mol. The van der Waals surface area contributed by atoms with Gasteiger partial charge in [-0.1, -0.05) is 29.3 Å². The highest BCUT2D eigenvalue weighted by Crippen LogP contribution is 2.42. The molecule has 3 aromatic rings. The molecule has 2 aromatic carbocycles. The van der Waals surface area contributed by atoms with Crippen molar-refractivity contribution < 1.29 is 19.0 Å². The number of carbonyl (C=O) groups is 1. The number of carbonyl (C=O) groups excluding carboxylic acids is 1. The number of unbranched alkanes of at least 4 members (excludes halogenated alkanes) is 1. The molecule has 0 amide bonds. The maximum absolute atomic E-state index is 13.4. The second kappa shape index (κ2) is 13.5. The van der Waals surface area contributed by atoms with E-state index >= 15 is 0 Å². The minimum Gasteiger partial charge on any atom is -0.490 e. The highest BCUT2D eigenvalue weighted by molar-refractivity contribution is 9.13. The summed E-state index contributed by atoms with van der Waals surface area (Å²) in [7, 11) is 0. The van der Waals surface area contributed by atoms with Crippen LogP contribution in [0.25, 0.3) is 10.9 Å². The summed E-state index contributed by atoms with van der Waals surface area (Å²) in [5.41, 5.74) is 1.01. The molecule has 0 atom stereocenters. The fraction of sp³-hybridized carbons (Fsp3) is 0.385. The largest absolute Gasteiger partial charge is 0.490 e. The lowest BCUT2D eigenvalue weighted by atomic mass is 10.2. The van der Waals surface area contributed by atoms with Crippen LogP contribution in [0.1, 0.15) is 51.9 Å². The lowest BCUT2D eigenvalue weighted by Crippen LogP contribution is -2.22. The number of halogens is 3. The molecule has 0 aliphatic carbocycles. The Bertz CT molecular complexity index is 1370. The van der Waals surface area contributed by atoms with Crippen LogP contribution in [0.4, 0.5) is 0 Å². The highest BCUT2D eigenvalue weighted by Gasteiger charge is 2.19. The number of esters is 1. The van der Waals surface area contributed by atoms with E-state index in [4.69, 9.17) is 19.2 Å². The minimum atomic E-state index is -0.486. The van der Waals surface area contributed by atoms with Gasteiger partial charge in [0.05, 0.1) is 34.3 Å². The van der Waals surface area contributed by atoms with Crippen LogP contribution in [0.2, 0.25) is 0 Å². The molecule has 0 saturated carbocycles. The quantitative estimate of drug-likeness (QED) is 0.165. The number of rotatable bonds is 11. The Kier molecular flexibility index (Phi) is 10.7. The fourth-order valence-corrected chi connectivity index (χ4v) is 4.75. The second-order valence-corrected chi connectivity index (χ2v) is 10.8. The average Bonchev–Trinajstić information content (AvgIpc) is 2.85. The van der Waals surface area contributed by atoms with E-state index in [1.807, 2.05) is 19.1 Å². The van der Waals surface area contributed by atoms with Crippen LogP contribution in [-0.4, -0.2) is 41.2 Å². The van der Waals surface area contributed by atoms with E-state index in [9.17, 15) is 9.59 Å². The first kappa shape index (κ1) is 29.3. The first-order chi connectivity index (χ1) is 17.7. The fourth-order valence-electron chi connectivity index (χ4n) is 3.45. The smallest absolute Gasteiger partial charge is 0.344 e. The summed E-state index contributed by atoms with van der Waals surface area (Å²) in [5, 5.41) is 5.00. The Labute approximate surface area is 240 Å². The van der Waals surface area contributed by atoms with Crippen LogP contribution in [0, 0.1) is 0 Å². The van der Waals surface area contributed by atoms with Gasteiger partial charge in [0.2, 0.25) is 0 Å². The van der Waals surface area contributed by atoms with Crippen molar-refractivity contribution in [2.45, 2.75) is 53.1 Å². The molecule has 0 spiro atoms. The summed E-state index contributed by atoms with van der Waals surface area (Å²) >= 11 is 10.5. The third-order valence-electron chi connectivity index (χ3n) is 5.10. The van der Waals surface area contributed by atoms with Gasteiger partial charge in [-0.3, -0.25) is 4.79 Å². The number of benzene rings is 2. The molecule has 3 rings (SSSR count). The van der Waals surface area contributed by atoms with Gasteiger partial charge in [-0.2, -0.15) is 9.78 Å². The van der Waals surface area contributed by atoms with Gasteiger partial charge in [0, 0.05) is 20.9 Å². The molecule has 0 fully saturated rings. The Morgan fingerprint density at radius 2 is 1.89 bits per heavy atom. The molecule has 0 unspecified atom stereocenters. The monoisotopic (exact) mass is 699 g/mol. The van der Waals surface area contributed by atoms with E-state index < -0.39 is 5.97 Å². The van der Waals surface area contributed by atoms with Crippen LogP contribution in [0.5, 0.6) is 11.5 Å². The topological polar surface area (TPSA) is 92.0 Å². The molecule has 0 aliphatic heterocycles. The van der Waals surface area contributed by atoms with Crippen LogP contribution in [-0.2, 0) is 16.0 Å². The third-order valence-corrected chi connectivity index (χ3v) is 7.74. The Morgan fingerprint density at radius 3 is 2.57 bits per heavy atom. The highest BCUT2D eigenvalue weighted by atomic mass is 79.9. The number of hydrogen-bond acceptors (Lipinski definition) is 7. The molecule has 198 valence electrons. The van der Waals surface area contributed by atoms with Gasteiger partial charge in [0.25, 0.3) is 5.56 Å². The summed E-state index contributed by atoms with van der Waals surface area (Å²) in [6, 6.07) is 7.16. The Morgan fingerprint density at radius 1 is 1.14 bits per heavy atom. The zero-order valence-electron chi connectivity index (χ0n) is 21.0. The van der Waals surface area contributed by atoms with Crippen molar-refractivity contribution in [3.05, 3.63) is 59.4 Å². The summed E-state index contributed by atoms with van der Waals surface area (Å²) in [6.45, 7) is 7.58. The van der Waals surface area contributed by atoms with Crippen LogP contribution in [0.3, 0.4) is 0 Å². The average molecular weight is 702 g/mol. The molecular formula is C26H28Br3N3O5. The van der Waals surface area contributed by atoms with Crippen molar-refractivity contribution >= 4 is 70.9 Å². The third kappa shape index (κ3) is 7.42. The van der Waals surface area contributed by atoms with E-state index in [0.29, 0.717) is 55.8 Å². The minimum absolute atomic E-state index is 0.243. The summed E-state index contributed by atoms with van der Waals surface area (Å²) in [4.78, 5) is 30.1. The lowest BCUT2D eigenvalue weighted by Gasteiger charge is -2.16. The van der Waals surface area contributed by atoms with Crippen molar-refractivity contribution in [2.24, 2.45) is 5.10 Å². The van der Waals surface area contributed by atoms with Gasteiger partial charge < -0.3 is 14.2 Å². The zero-order chi connectivity index (χ0) is 27.1. The number of ether oxygens (including phenoxy) is 3. The summed E-state index contributed by atoms with van der Waals surface area (Å²) in [5.74, 6) is 0.863. The maximum atomic E-state index is 13.4. The Hall–Kier alpha value is -2.24. The Balaban J connectivity index is 2.04. The van der Waals surface area contributed by atoms with E-state index in [2.05, 4.69) is 59.8 Å². The predicted molar refractivity (Wildman–Crippen MR) is 155 cm³/mol. The standard InChI is InChI=1S/C26H28Br3N3O5/c1-5-7-8-21-31-19-10-9-17(27)12-18(19)26(34)32(21)30-13-16-11-20(35-6-2)25(24(29)23(16)28)36-14-22(33)37-15(3)4/h9-13,15H,5-8,14H2,1-4H3. The maximum Gasteiger partial charge on any atom is 0.344 e. The molecule has 1 aromatic heterocycles. The van der Waals surface area contributed by atoms with E-state index in [-0.39, 0.29) is 18.3 Å². The number of nitrogens with zero attached hydrogens (tertiary/aromatic N) is 3. The zero-order valence-corrected chi connectivity index (χ0v) is 25.8. The van der Waals surface area contributed by atoms with Gasteiger partial charge in [0.1, 0.15) is 5.82 Å². The van der Waals surface area contributed by atoms with Gasteiger partial charge in [0.15, 0.2) is 18.1 Å². The molecule has 11 heteroatoms. The second-order valence-electron chi connectivity index (χ2n) is 8.34. The van der Waals surface area contributed by atoms with Crippen LogP contribution >= 0.6 is 47.8 Å². The molecule has 1 heterocycles. The first-order valence-electron chi connectivity index (χ1n) is 11.9. The summed E-state index contributed by atoms with van der Waals surface area (Å²) < 4.78 is 19.9. The van der Waals surface area contributed by atoms with Gasteiger partial charge in [-0.25, -0.2) is 9.78 Å². The van der Waals surface area contributed by atoms with Gasteiger partial charge >= 0.3 is 5.97 Å².